The van der Waals surface area contributed by atoms with Crippen molar-refractivity contribution in [2.24, 2.45) is 0 Å². The molecular weight excluding hydrogens is 302 g/mol. The van der Waals surface area contributed by atoms with E-state index in [1.807, 2.05) is 29.8 Å². The fourth-order valence-electron chi connectivity index (χ4n) is 2.40. The van der Waals surface area contributed by atoms with E-state index in [2.05, 4.69) is 15.1 Å². The molecule has 112 valence electrons. The molecule has 8 heteroatoms. The number of hydrogen-bond donors (Lipinski definition) is 0. The zero-order valence-corrected chi connectivity index (χ0v) is 12.7. The molecule has 0 atom stereocenters. The number of ether oxygens (including phenoxy) is 1. The Balaban J connectivity index is 1.45. The van der Waals surface area contributed by atoms with Crippen LogP contribution < -0.4 is 4.74 Å². The minimum atomic E-state index is -0.0308. The van der Waals surface area contributed by atoms with E-state index >= 15 is 0 Å². The highest BCUT2D eigenvalue weighted by atomic mass is 32.1. The molecule has 7 nitrogen and oxygen atoms in total. The highest BCUT2D eigenvalue weighted by molar-refractivity contribution is 7.08. The largest absolute Gasteiger partial charge is 0.470 e. The number of nitrogens with zero attached hydrogens (tertiary/aromatic N) is 5. The Morgan fingerprint density at radius 1 is 1.45 bits per heavy atom. The van der Waals surface area contributed by atoms with Crippen LogP contribution in [0.3, 0.4) is 0 Å². The summed E-state index contributed by atoms with van der Waals surface area (Å²) in [7, 11) is 0. The number of hydrogen-bond acceptors (Lipinski definition) is 6. The van der Waals surface area contributed by atoms with E-state index in [0.29, 0.717) is 24.7 Å². The molecule has 0 aromatic carbocycles. The Kier molecular flexibility index (Phi) is 3.04. The summed E-state index contributed by atoms with van der Waals surface area (Å²) >= 11 is 1.52. The summed E-state index contributed by atoms with van der Waals surface area (Å²) in [5.74, 6) is 1.17. The first-order chi connectivity index (χ1) is 10.7. The number of amides is 1. The van der Waals surface area contributed by atoms with Gasteiger partial charge < -0.3 is 9.64 Å². The summed E-state index contributed by atoms with van der Waals surface area (Å²) in [5.41, 5.74) is 1.56. The van der Waals surface area contributed by atoms with Gasteiger partial charge in [0.2, 0.25) is 5.88 Å². The second-order valence-corrected chi connectivity index (χ2v) is 5.95. The second kappa shape index (κ2) is 5.06. The second-order valence-electron chi connectivity index (χ2n) is 5.17. The molecule has 0 unspecified atom stereocenters. The van der Waals surface area contributed by atoms with Gasteiger partial charge in [0.1, 0.15) is 12.4 Å². The van der Waals surface area contributed by atoms with Crippen molar-refractivity contribution in [1.82, 2.24) is 24.5 Å². The Labute approximate surface area is 130 Å². The number of fused-ring (bicyclic) bond motifs is 1. The number of rotatable bonds is 3. The number of carbonyl (C=O) groups is 1. The Morgan fingerprint density at radius 3 is 3.09 bits per heavy atom. The topological polar surface area (TPSA) is 72.6 Å². The smallest absolute Gasteiger partial charge is 0.255 e. The molecule has 0 bridgehead atoms. The Hall–Kier alpha value is -2.48. The first kappa shape index (κ1) is 13.2. The number of carbonyl (C=O) groups excluding carboxylic acids is 1. The third-order valence-electron chi connectivity index (χ3n) is 3.54. The summed E-state index contributed by atoms with van der Waals surface area (Å²) in [4.78, 5) is 22.3. The summed E-state index contributed by atoms with van der Waals surface area (Å²) in [6.45, 7) is 3.03. The van der Waals surface area contributed by atoms with Crippen LogP contribution in [0.15, 0.2) is 29.2 Å². The van der Waals surface area contributed by atoms with E-state index in [4.69, 9.17) is 4.74 Å². The molecule has 1 aliphatic heterocycles. The summed E-state index contributed by atoms with van der Waals surface area (Å²) in [6.07, 6.45) is 1.42. The molecule has 0 saturated carbocycles. The molecular formula is C14H13N5O2S. The van der Waals surface area contributed by atoms with Crippen LogP contribution in [-0.4, -0.2) is 49.6 Å². The molecule has 1 fully saturated rings. The molecule has 1 amide bonds. The van der Waals surface area contributed by atoms with Gasteiger partial charge in [0.15, 0.2) is 0 Å². The van der Waals surface area contributed by atoms with Crippen LogP contribution in [0.2, 0.25) is 0 Å². The van der Waals surface area contributed by atoms with Crippen molar-refractivity contribution in [1.29, 1.82) is 0 Å². The van der Waals surface area contributed by atoms with Gasteiger partial charge in [-0.3, -0.25) is 4.79 Å². The van der Waals surface area contributed by atoms with Gasteiger partial charge in [-0.15, -0.1) is 0 Å². The fraction of sp³-hybridized carbons (Fsp3) is 0.286. The lowest BCUT2D eigenvalue weighted by atomic mass is 10.1. The number of thiophene rings is 1. The molecule has 3 aromatic rings. The molecule has 0 spiro atoms. The van der Waals surface area contributed by atoms with E-state index in [1.54, 1.807) is 9.42 Å². The average molecular weight is 315 g/mol. The minimum Gasteiger partial charge on any atom is -0.470 e. The van der Waals surface area contributed by atoms with E-state index < -0.39 is 0 Å². The van der Waals surface area contributed by atoms with Crippen LogP contribution in [0.4, 0.5) is 0 Å². The SMILES string of the molecule is Cc1cc(OC2CN(C(=O)c3ccsc3)C2)n2ncnc2n1. The van der Waals surface area contributed by atoms with Crippen LogP contribution in [-0.2, 0) is 0 Å². The van der Waals surface area contributed by atoms with Gasteiger partial charge in [-0.05, 0) is 18.4 Å². The third-order valence-corrected chi connectivity index (χ3v) is 4.22. The van der Waals surface area contributed by atoms with Crippen molar-refractivity contribution in [3.05, 3.63) is 40.5 Å². The van der Waals surface area contributed by atoms with Crippen molar-refractivity contribution in [3.8, 4) is 5.88 Å². The fourth-order valence-corrected chi connectivity index (χ4v) is 3.03. The molecule has 1 saturated heterocycles. The maximum atomic E-state index is 12.2. The predicted octanol–water partition coefficient (Wildman–Crippen LogP) is 1.40. The molecule has 0 radical (unpaired) electrons. The van der Waals surface area contributed by atoms with E-state index in [0.717, 1.165) is 11.3 Å². The molecule has 0 aliphatic carbocycles. The Morgan fingerprint density at radius 2 is 2.32 bits per heavy atom. The Bertz CT molecular complexity index is 823. The van der Waals surface area contributed by atoms with Crippen molar-refractivity contribution >= 4 is 23.0 Å². The van der Waals surface area contributed by atoms with Crippen LogP contribution in [0.5, 0.6) is 5.88 Å². The van der Waals surface area contributed by atoms with Crippen LogP contribution in [0.1, 0.15) is 16.1 Å². The summed E-state index contributed by atoms with van der Waals surface area (Å²) in [6, 6.07) is 3.66. The van der Waals surface area contributed by atoms with E-state index in [9.17, 15) is 4.79 Å². The van der Waals surface area contributed by atoms with Crippen molar-refractivity contribution < 1.29 is 9.53 Å². The molecule has 22 heavy (non-hydrogen) atoms. The molecule has 4 heterocycles. The third kappa shape index (κ3) is 2.21. The number of likely N-dealkylation sites (tertiary alicyclic amines) is 1. The normalized spacial score (nSPS) is 15.0. The zero-order valence-electron chi connectivity index (χ0n) is 11.8. The van der Waals surface area contributed by atoms with Gasteiger partial charge in [0.05, 0.1) is 18.7 Å². The zero-order chi connectivity index (χ0) is 15.1. The van der Waals surface area contributed by atoms with Crippen LogP contribution >= 0.6 is 11.3 Å². The maximum absolute atomic E-state index is 12.2. The molecule has 0 N–H and O–H groups in total. The van der Waals surface area contributed by atoms with E-state index in [1.165, 1.54) is 17.7 Å². The van der Waals surface area contributed by atoms with Gasteiger partial charge >= 0.3 is 0 Å². The van der Waals surface area contributed by atoms with Gasteiger partial charge in [-0.1, -0.05) is 0 Å². The lowest BCUT2D eigenvalue weighted by molar-refractivity contribution is 0.0151. The maximum Gasteiger partial charge on any atom is 0.255 e. The van der Waals surface area contributed by atoms with Gasteiger partial charge in [-0.2, -0.15) is 25.9 Å². The highest BCUT2D eigenvalue weighted by Crippen LogP contribution is 2.21. The monoisotopic (exact) mass is 315 g/mol. The van der Waals surface area contributed by atoms with E-state index in [-0.39, 0.29) is 12.0 Å². The van der Waals surface area contributed by atoms with Crippen molar-refractivity contribution in [3.63, 3.8) is 0 Å². The van der Waals surface area contributed by atoms with Crippen LogP contribution in [0.25, 0.3) is 5.78 Å². The first-order valence-corrected chi connectivity index (χ1v) is 7.80. The summed E-state index contributed by atoms with van der Waals surface area (Å²) < 4.78 is 7.50. The van der Waals surface area contributed by atoms with Gasteiger partial charge in [0.25, 0.3) is 11.7 Å². The number of aromatic nitrogens is 4. The molecule has 1 aliphatic rings. The molecule has 4 rings (SSSR count). The van der Waals surface area contributed by atoms with Crippen molar-refractivity contribution in [2.45, 2.75) is 13.0 Å². The number of aryl methyl sites for hydroxylation is 1. The standard InChI is InChI=1S/C14H13N5O2S/c1-9-4-12(19-14(17-9)15-8-16-19)21-11-5-18(6-11)13(20)10-2-3-22-7-10/h2-4,7-8,11H,5-6H2,1H3. The lowest BCUT2D eigenvalue weighted by Gasteiger charge is -2.38. The lowest BCUT2D eigenvalue weighted by Crippen LogP contribution is -2.56. The highest BCUT2D eigenvalue weighted by Gasteiger charge is 2.33. The quantitative estimate of drug-likeness (QED) is 0.730. The first-order valence-electron chi connectivity index (χ1n) is 6.86. The van der Waals surface area contributed by atoms with Crippen molar-refractivity contribution in [2.75, 3.05) is 13.1 Å². The van der Waals surface area contributed by atoms with Gasteiger partial charge in [0, 0.05) is 17.1 Å². The predicted molar refractivity (Wildman–Crippen MR) is 80.2 cm³/mol. The van der Waals surface area contributed by atoms with Crippen LogP contribution in [0, 0.1) is 6.92 Å². The average Bonchev–Trinajstić information content (AvgIpc) is 3.11. The summed E-state index contributed by atoms with van der Waals surface area (Å²) in [5, 5.41) is 7.87. The minimum absolute atomic E-state index is 0.0308. The molecule has 3 aromatic heterocycles. The van der Waals surface area contributed by atoms with Gasteiger partial charge in [-0.25, -0.2) is 4.98 Å².